The second kappa shape index (κ2) is 7.76. The van der Waals surface area contributed by atoms with Crippen molar-refractivity contribution in [1.29, 1.82) is 0 Å². The van der Waals surface area contributed by atoms with Crippen molar-refractivity contribution in [3.63, 3.8) is 0 Å². The lowest BCUT2D eigenvalue weighted by Crippen LogP contribution is -2.42. The van der Waals surface area contributed by atoms with Crippen molar-refractivity contribution < 1.29 is 0 Å². The first-order valence-corrected chi connectivity index (χ1v) is 8.14. The van der Waals surface area contributed by atoms with E-state index < -0.39 is 0 Å². The largest absolute Gasteiger partial charge is 0.356 e. The number of nitrogens with one attached hydrogen (secondary N) is 1. The lowest BCUT2D eigenvalue weighted by Gasteiger charge is -2.36. The van der Waals surface area contributed by atoms with E-state index in [0.717, 1.165) is 26.2 Å². The van der Waals surface area contributed by atoms with E-state index in [1.54, 1.807) is 0 Å². The molecule has 0 amide bonds. The highest BCUT2D eigenvalue weighted by Gasteiger charge is 2.22. The van der Waals surface area contributed by atoms with Crippen molar-refractivity contribution in [2.45, 2.75) is 39.3 Å². The third kappa shape index (κ3) is 4.68. The van der Waals surface area contributed by atoms with E-state index in [-0.39, 0.29) is 0 Å². The molecule has 1 aromatic rings. The molecular formula is C17H30N4. The topological polar surface area (TPSA) is 31.4 Å². The zero-order valence-electron chi connectivity index (χ0n) is 14.0. The predicted octanol–water partition coefficient (Wildman–Crippen LogP) is 2.36. The van der Waals surface area contributed by atoms with Gasteiger partial charge in [-0.3, -0.25) is 0 Å². The molecule has 2 rings (SSSR count). The minimum atomic E-state index is 0.681. The van der Waals surface area contributed by atoms with Gasteiger partial charge in [0.2, 0.25) is 0 Å². The normalized spacial score (nSPS) is 17.0. The molecule has 4 heteroatoms. The van der Waals surface area contributed by atoms with Crippen molar-refractivity contribution in [1.82, 2.24) is 15.2 Å². The fourth-order valence-corrected chi connectivity index (χ4v) is 2.94. The minimum Gasteiger partial charge on any atom is -0.356 e. The van der Waals surface area contributed by atoms with Crippen LogP contribution in [0.15, 0.2) is 18.3 Å². The van der Waals surface area contributed by atoms with Gasteiger partial charge in [0.1, 0.15) is 5.82 Å². The molecule has 0 spiro atoms. The zero-order chi connectivity index (χ0) is 15.2. The van der Waals surface area contributed by atoms with Gasteiger partial charge >= 0.3 is 0 Å². The Labute approximate surface area is 129 Å². The van der Waals surface area contributed by atoms with Crippen molar-refractivity contribution in [3.8, 4) is 0 Å². The summed E-state index contributed by atoms with van der Waals surface area (Å²) in [6.45, 7) is 8.66. The van der Waals surface area contributed by atoms with Crippen LogP contribution in [0.2, 0.25) is 0 Å². The van der Waals surface area contributed by atoms with Gasteiger partial charge in [-0.1, -0.05) is 19.9 Å². The summed E-state index contributed by atoms with van der Waals surface area (Å²) < 4.78 is 0. The molecular weight excluding hydrogens is 260 g/mol. The molecule has 118 valence electrons. The Bertz CT molecular complexity index is 423. The Morgan fingerprint density at radius 1 is 1.33 bits per heavy atom. The Hall–Kier alpha value is -1.13. The number of aromatic nitrogens is 1. The number of nitrogens with zero attached hydrogens (tertiary/aromatic N) is 3. The maximum absolute atomic E-state index is 4.64. The number of rotatable bonds is 6. The first-order chi connectivity index (χ1) is 10.1. The van der Waals surface area contributed by atoms with Gasteiger partial charge in [-0.2, -0.15) is 0 Å². The van der Waals surface area contributed by atoms with E-state index in [4.69, 9.17) is 0 Å². The molecule has 1 aromatic heterocycles. The highest BCUT2D eigenvalue weighted by atomic mass is 15.2. The van der Waals surface area contributed by atoms with Crippen molar-refractivity contribution in [3.05, 3.63) is 23.9 Å². The molecule has 0 bridgehead atoms. The second-order valence-electron chi connectivity index (χ2n) is 6.69. The van der Waals surface area contributed by atoms with Gasteiger partial charge in [0.05, 0.1) is 0 Å². The summed E-state index contributed by atoms with van der Waals surface area (Å²) in [6, 6.07) is 4.96. The fourth-order valence-electron chi connectivity index (χ4n) is 2.94. The van der Waals surface area contributed by atoms with Crippen LogP contribution in [-0.2, 0) is 6.54 Å². The monoisotopic (exact) mass is 290 g/mol. The summed E-state index contributed by atoms with van der Waals surface area (Å²) in [6.07, 6.45) is 4.37. The van der Waals surface area contributed by atoms with Crippen LogP contribution in [0.25, 0.3) is 0 Å². The Morgan fingerprint density at radius 2 is 2.05 bits per heavy atom. The molecule has 0 unspecified atom stereocenters. The summed E-state index contributed by atoms with van der Waals surface area (Å²) in [5, 5.41) is 3.53. The summed E-state index contributed by atoms with van der Waals surface area (Å²) in [7, 11) is 4.37. The molecule has 0 saturated carbocycles. The maximum atomic E-state index is 4.64. The highest BCUT2D eigenvalue weighted by molar-refractivity contribution is 5.47. The maximum Gasteiger partial charge on any atom is 0.133 e. The van der Waals surface area contributed by atoms with Crippen molar-refractivity contribution in [2.75, 3.05) is 38.6 Å². The molecule has 1 aliphatic rings. The van der Waals surface area contributed by atoms with E-state index in [9.17, 15) is 0 Å². The van der Waals surface area contributed by atoms with Crippen LogP contribution in [0.4, 0.5) is 5.82 Å². The Morgan fingerprint density at radius 3 is 2.67 bits per heavy atom. The Kier molecular flexibility index (Phi) is 6.00. The number of hydrogen-bond donors (Lipinski definition) is 1. The van der Waals surface area contributed by atoms with Gasteiger partial charge in [0, 0.05) is 37.4 Å². The fraction of sp³-hybridized carbons (Fsp3) is 0.706. The number of pyridine rings is 1. The summed E-state index contributed by atoms with van der Waals surface area (Å²) in [5.74, 6) is 1.85. The first kappa shape index (κ1) is 16.2. The third-order valence-electron chi connectivity index (χ3n) is 4.23. The predicted molar refractivity (Wildman–Crippen MR) is 89.7 cm³/mol. The van der Waals surface area contributed by atoms with Gasteiger partial charge in [-0.05, 0) is 45.5 Å². The molecule has 4 nitrogen and oxygen atoms in total. The van der Waals surface area contributed by atoms with Gasteiger partial charge in [0.25, 0.3) is 0 Å². The SMILES string of the molecule is CC(C)CNCc1cccnc1N1CCC(N(C)C)CC1. The first-order valence-electron chi connectivity index (χ1n) is 8.14. The quantitative estimate of drug-likeness (QED) is 0.871. The van der Waals surface area contributed by atoms with E-state index in [2.05, 4.69) is 54.1 Å². The molecule has 1 saturated heterocycles. The highest BCUT2D eigenvalue weighted by Crippen LogP contribution is 2.23. The van der Waals surface area contributed by atoms with E-state index in [1.165, 1.54) is 24.2 Å². The molecule has 21 heavy (non-hydrogen) atoms. The number of hydrogen-bond acceptors (Lipinski definition) is 4. The van der Waals surface area contributed by atoms with Crippen LogP contribution >= 0.6 is 0 Å². The molecule has 0 aromatic carbocycles. The minimum absolute atomic E-state index is 0.681. The Balaban J connectivity index is 1.97. The molecule has 1 aliphatic heterocycles. The van der Waals surface area contributed by atoms with Crippen LogP contribution in [0.3, 0.4) is 0 Å². The second-order valence-corrected chi connectivity index (χ2v) is 6.69. The van der Waals surface area contributed by atoms with E-state index >= 15 is 0 Å². The number of piperidine rings is 1. The zero-order valence-corrected chi connectivity index (χ0v) is 14.0. The van der Waals surface area contributed by atoms with Crippen LogP contribution in [0.1, 0.15) is 32.3 Å². The van der Waals surface area contributed by atoms with Crippen LogP contribution in [0, 0.1) is 5.92 Å². The van der Waals surface area contributed by atoms with Crippen LogP contribution in [0.5, 0.6) is 0 Å². The average molecular weight is 290 g/mol. The van der Waals surface area contributed by atoms with Gasteiger partial charge in [-0.25, -0.2) is 4.98 Å². The molecule has 0 aliphatic carbocycles. The van der Waals surface area contributed by atoms with Crippen molar-refractivity contribution in [2.24, 2.45) is 5.92 Å². The lowest BCUT2D eigenvalue weighted by atomic mass is 10.0. The summed E-state index contributed by atoms with van der Waals surface area (Å²) in [4.78, 5) is 9.44. The standard InChI is InChI=1S/C17H30N4/c1-14(2)12-18-13-15-6-5-9-19-17(15)21-10-7-16(8-11-21)20(3)4/h5-6,9,14,16,18H,7-8,10-13H2,1-4H3. The van der Waals surface area contributed by atoms with Gasteiger partial charge in [0.15, 0.2) is 0 Å². The van der Waals surface area contributed by atoms with Gasteiger partial charge < -0.3 is 15.1 Å². The molecule has 0 radical (unpaired) electrons. The lowest BCUT2D eigenvalue weighted by molar-refractivity contribution is 0.249. The summed E-state index contributed by atoms with van der Waals surface area (Å²) in [5.41, 5.74) is 1.32. The van der Waals surface area contributed by atoms with Crippen LogP contribution < -0.4 is 10.2 Å². The molecule has 2 heterocycles. The average Bonchev–Trinajstić information content (AvgIpc) is 2.47. The smallest absolute Gasteiger partial charge is 0.133 e. The van der Waals surface area contributed by atoms with E-state index in [0.29, 0.717) is 12.0 Å². The molecule has 1 N–H and O–H groups in total. The molecule has 0 atom stereocenters. The van der Waals surface area contributed by atoms with E-state index in [1.807, 2.05) is 12.3 Å². The summed E-state index contributed by atoms with van der Waals surface area (Å²) >= 11 is 0. The van der Waals surface area contributed by atoms with Gasteiger partial charge in [-0.15, -0.1) is 0 Å². The number of anilines is 1. The van der Waals surface area contributed by atoms with Crippen molar-refractivity contribution >= 4 is 5.82 Å². The molecule has 1 fully saturated rings. The van der Waals surface area contributed by atoms with Crippen LogP contribution in [-0.4, -0.2) is 49.7 Å². The third-order valence-corrected chi connectivity index (χ3v) is 4.23.